The summed E-state index contributed by atoms with van der Waals surface area (Å²) in [6.07, 6.45) is 0.774. The molecule has 0 aliphatic carbocycles. The molecule has 0 unspecified atom stereocenters. The summed E-state index contributed by atoms with van der Waals surface area (Å²) in [5.41, 5.74) is 2.88. The van der Waals surface area contributed by atoms with Gasteiger partial charge in [-0.2, -0.15) is 0 Å². The van der Waals surface area contributed by atoms with Gasteiger partial charge in [0.1, 0.15) is 5.75 Å². The van der Waals surface area contributed by atoms with Crippen molar-refractivity contribution < 1.29 is 9.53 Å². The SMILES string of the molecule is CC(C)(C)N1CCN(c2nc3ccc(C(=O)N[C@H]4CCOc5ccccc54)cc3s2)CC1. The molecule has 7 heteroatoms. The molecule has 168 valence electrons. The summed E-state index contributed by atoms with van der Waals surface area (Å²) in [4.78, 5) is 22.8. The van der Waals surface area contributed by atoms with E-state index < -0.39 is 0 Å². The fourth-order valence-corrected chi connectivity index (χ4v) is 5.55. The number of fused-ring (bicyclic) bond motifs is 2. The topological polar surface area (TPSA) is 57.7 Å². The Kier molecular flexibility index (Phi) is 5.55. The average molecular weight is 451 g/mol. The second kappa shape index (κ2) is 8.37. The maximum absolute atomic E-state index is 13.0. The van der Waals surface area contributed by atoms with E-state index in [0.717, 1.165) is 59.3 Å². The Balaban J connectivity index is 1.30. The minimum Gasteiger partial charge on any atom is -0.493 e. The molecule has 6 nitrogen and oxygen atoms in total. The second-order valence-corrected chi connectivity index (χ2v) is 10.5. The quantitative estimate of drug-likeness (QED) is 0.638. The van der Waals surface area contributed by atoms with Crippen molar-refractivity contribution in [2.24, 2.45) is 0 Å². The zero-order valence-electron chi connectivity index (χ0n) is 18.9. The molecule has 0 spiro atoms. The van der Waals surface area contributed by atoms with Crippen LogP contribution in [0.5, 0.6) is 5.75 Å². The van der Waals surface area contributed by atoms with Gasteiger partial charge >= 0.3 is 0 Å². The van der Waals surface area contributed by atoms with E-state index in [0.29, 0.717) is 12.2 Å². The number of hydrogen-bond donors (Lipinski definition) is 1. The van der Waals surface area contributed by atoms with Crippen molar-refractivity contribution in [3.05, 3.63) is 53.6 Å². The highest BCUT2D eigenvalue weighted by molar-refractivity contribution is 7.22. The Bertz CT molecular complexity index is 1130. The normalized spacial score (nSPS) is 19.5. The van der Waals surface area contributed by atoms with Crippen LogP contribution in [0.25, 0.3) is 10.2 Å². The fraction of sp³-hybridized carbons (Fsp3) is 0.440. The molecular weight excluding hydrogens is 420 g/mol. The Morgan fingerprint density at radius 2 is 1.91 bits per heavy atom. The summed E-state index contributed by atoms with van der Waals surface area (Å²) >= 11 is 1.68. The molecule has 2 aliphatic rings. The standard InChI is InChI=1S/C25H30N4O2S/c1-25(2,3)29-13-11-28(12-14-29)24-27-20-9-8-17(16-22(20)32-24)23(30)26-19-10-15-31-21-7-5-4-6-18(19)21/h4-9,16,19H,10-15H2,1-3H3,(H,26,30)/t19-/m0/s1. The number of hydrogen-bond acceptors (Lipinski definition) is 6. The van der Waals surface area contributed by atoms with Gasteiger partial charge in [0.2, 0.25) is 0 Å². The number of para-hydroxylation sites is 1. The Hall–Kier alpha value is -2.64. The van der Waals surface area contributed by atoms with Gasteiger partial charge in [-0.25, -0.2) is 4.98 Å². The van der Waals surface area contributed by atoms with E-state index in [4.69, 9.17) is 9.72 Å². The summed E-state index contributed by atoms with van der Waals surface area (Å²) in [5, 5.41) is 4.24. The van der Waals surface area contributed by atoms with Crippen molar-refractivity contribution in [3.8, 4) is 5.75 Å². The number of aromatic nitrogens is 1. The maximum atomic E-state index is 13.0. The van der Waals surface area contributed by atoms with Crippen LogP contribution in [-0.4, -0.2) is 54.1 Å². The van der Waals surface area contributed by atoms with Gasteiger partial charge in [-0.1, -0.05) is 29.5 Å². The minimum absolute atomic E-state index is 0.0284. The third-order valence-corrected chi connectivity index (χ3v) is 7.48. The lowest BCUT2D eigenvalue weighted by atomic mass is 10.00. The Labute approximate surface area is 193 Å². The summed E-state index contributed by atoms with van der Waals surface area (Å²) in [6.45, 7) is 11.5. The first kappa shape index (κ1) is 21.2. The van der Waals surface area contributed by atoms with Gasteiger partial charge in [-0.05, 0) is 45.0 Å². The largest absolute Gasteiger partial charge is 0.493 e. The molecule has 1 atom stereocenters. The first-order chi connectivity index (χ1) is 15.4. The third-order valence-electron chi connectivity index (χ3n) is 6.40. The van der Waals surface area contributed by atoms with Crippen LogP contribution in [0, 0.1) is 0 Å². The molecule has 1 aromatic heterocycles. The van der Waals surface area contributed by atoms with E-state index in [9.17, 15) is 4.79 Å². The number of rotatable bonds is 3. The number of carbonyl (C=O) groups is 1. The molecule has 32 heavy (non-hydrogen) atoms. The molecule has 2 aromatic carbocycles. The van der Waals surface area contributed by atoms with Crippen molar-refractivity contribution in [1.82, 2.24) is 15.2 Å². The third kappa shape index (κ3) is 4.19. The predicted molar refractivity (Wildman–Crippen MR) is 130 cm³/mol. The van der Waals surface area contributed by atoms with Crippen molar-refractivity contribution in [1.29, 1.82) is 0 Å². The van der Waals surface area contributed by atoms with Crippen LogP contribution >= 0.6 is 11.3 Å². The van der Waals surface area contributed by atoms with Crippen molar-refractivity contribution >= 4 is 32.6 Å². The first-order valence-corrected chi connectivity index (χ1v) is 12.1. The molecule has 0 bridgehead atoms. The number of nitrogens with one attached hydrogen (secondary N) is 1. The van der Waals surface area contributed by atoms with Crippen molar-refractivity contribution in [3.63, 3.8) is 0 Å². The number of amides is 1. The van der Waals surface area contributed by atoms with Crippen molar-refractivity contribution in [2.45, 2.75) is 38.8 Å². The predicted octanol–water partition coefficient (Wildman–Crippen LogP) is 4.47. The van der Waals surface area contributed by atoms with Gasteiger partial charge < -0.3 is 15.0 Å². The van der Waals surface area contributed by atoms with E-state index >= 15 is 0 Å². The maximum Gasteiger partial charge on any atom is 0.251 e. The molecular formula is C25H30N4O2S. The van der Waals surface area contributed by atoms with E-state index in [1.165, 1.54) is 0 Å². The van der Waals surface area contributed by atoms with Crippen molar-refractivity contribution in [2.75, 3.05) is 37.7 Å². The molecule has 5 rings (SSSR count). The van der Waals surface area contributed by atoms with E-state index in [2.05, 4.69) is 35.9 Å². The molecule has 0 saturated carbocycles. The zero-order valence-corrected chi connectivity index (χ0v) is 19.7. The van der Waals surface area contributed by atoms with Gasteiger partial charge in [0.25, 0.3) is 5.91 Å². The Morgan fingerprint density at radius 1 is 1.12 bits per heavy atom. The monoisotopic (exact) mass is 450 g/mol. The smallest absolute Gasteiger partial charge is 0.251 e. The molecule has 0 radical (unpaired) electrons. The van der Waals surface area contributed by atoms with Crippen LogP contribution in [-0.2, 0) is 0 Å². The molecule has 1 fully saturated rings. The van der Waals surface area contributed by atoms with Gasteiger partial charge in [-0.15, -0.1) is 0 Å². The van der Waals surface area contributed by atoms with E-state index in [1.54, 1.807) is 11.3 Å². The summed E-state index contributed by atoms with van der Waals surface area (Å²) in [6, 6.07) is 13.7. The minimum atomic E-state index is -0.0534. The van der Waals surface area contributed by atoms with Gasteiger partial charge in [-0.3, -0.25) is 9.69 Å². The Morgan fingerprint density at radius 3 is 2.69 bits per heavy atom. The summed E-state index contributed by atoms with van der Waals surface area (Å²) in [7, 11) is 0. The molecule has 3 heterocycles. The van der Waals surface area contributed by atoms with Crippen LogP contribution in [0.3, 0.4) is 0 Å². The first-order valence-electron chi connectivity index (χ1n) is 11.3. The molecule has 1 amide bonds. The molecule has 1 N–H and O–H groups in total. The average Bonchev–Trinajstić information content (AvgIpc) is 3.22. The van der Waals surface area contributed by atoms with Crippen LogP contribution in [0.15, 0.2) is 42.5 Å². The van der Waals surface area contributed by atoms with E-state index in [1.807, 2.05) is 42.5 Å². The lowest BCUT2D eigenvalue weighted by Gasteiger charge is -2.42. The molecule has 3 aromatic rings. The highest BCUT2D eigenvalue weighted by Crippen LogP contribution is 2.33. The number of thiazole rings is 1. The lowest BCUT2D eigenvalue weighted by Crippen LogP contribution is -2.53. The van der Waals surface area contributed by atoms with Gasteiger partial charge in [0.05, 0.1) is 22.9 Å². The number of carbonyl (C=O) groups excluding carboxylic acids is 1. The number of nitrogens with zero attached hydrogens (tertiary/aromatic N) is 3. The molecule has 1 saturated heterocycles. The van der Waals surface area contributed by atoms with Gasteiger partial charge in [0.15, 0.2) is 5.13 Å². The fourth-order valence-electron chi connectivity index (χ4n) is 4.49. The van der Waals surface area contributed by atoms with Crippen LogP contribution < -0.4 is 15.0 Å². The van der Waals surface area contributed by atoms with Crippen LogP contribution in [0.2, 0.25) is 0 Å². The van der Waals surface area contributed by atoms with Crippen LogP contribution in [0.1, 0.15) is 49.2 Å². The number of piperazine rings is 1. The van der Waals surface area contributed by atoms with E-state index in [-0.39, 0.29) is 17.5 Å². The van der Waals surface area contributed by atoms with Gasteiger partial charge in [0, 0.05) is 49.3 Å². The molecule has 2 aliphatic heterocycles. The lowest BCUT2D eigenvalue weighted by molar-refractivity contribution is 0.0925. The number of anilines is 1. The second-order valence-electron chi connectivity index (χ2n) is 9.52. The number of ether oxygens (including phenoxy) is 1. The highest BCUT2D eigenvalue weighted by Gasteiger charge is 2.27. The highest BCUT2D eigenvalue weighted by atomic mass is 32.1. The summed E-state index contributed by atoms with van der Waals surface area (Å²) in [5.74, 6) is 0.806. The number of benzene rings is 2. The van der Waals surface area contributed by atoms with Crippen LogP contribution in [0.4, 0.5) is 5.13 Å². The zero-order chi connectivity index (χ0) is 22.3. The summed E-state index contributed by atoms with van der Waals surface area (Å²) < 4.78 is 6.77.